The fraction of sp³-hybridized carbons (Fsp3) is 0.321. The first kappa shape index (κ1) is 58.2. The van der Waals surface area contributed by atoms with Crippen LogP contribution in [0.25, 0.3) is 10.9 Å². The van der Waals surface area contributed by atoms with E-state index in [0.717, 1.165) is 29.0 Å². The molecular weight excluding hydrogens is 693 g/mol. The Kier molecular flexibility index (Phi) is 33.4. The Bertz CT molecular complexity index is 1910. The Morgan fingerprint density at radius 2 is 0.807 bits per heavy atom. The van der Waals surface area contributed by atoms with Gasteiger partial charge in [-0.05, 0) is 157 Å². The van der Waals surface area contributed by atoms with Crippen molar-refractivity contribution in [3.63, 3.8) is 0 Å². The van der Waals surface area contributed by atoms with E-state index in [-0.39, 0.29) is 37.1 Å². The number of hydrogen-bond acceptors (Lipinski definition) is 4. The number of aryl methyl sites for hydroxylation is 10. The number of benzene rings is 3. The molecule has 0 radical (unpaired) electrons. The molecule has 7 aromatic rings. The summed E-state index contributed by atoms with van der Waals surface area (Å²) < 4.78 is 0. The Morgan fingerprint density at radius 3 is 1.19 bits per heavy atom. The number of fused-ring (bicyclic) bond motifs is 1. The van der Waals surface area contributed by atoms with Gasteiger partial charge in [-0.2, -0.15) is 0 Å². The van der Waals surface area contributed by atoms with Gasteiger partial charge in [0.1, 0.15) is 0 Å². The van der Waals surface area contributed by atoms with Crippen molar-refractivity contribution in [1.82, 2.24) is 19.9 Å². The van der Waals surface area contributed by atoms with Crippen molar-refractivity contribution in [3.05, 3.63) is 202 Å². The summed E-state index contributed by atoms with van der Waals surface area (Å²) >= 11 is 0. The maximum absolute atomic E-state index is 4.34. The van der Waals surface area contributed by atoms with Gasteiger partial charge in [-0.15, -0.1) is 0 Å². The standard InChI is InChI=1S/C11H11N.C9H12.C8H10.2C7H9N.C6H7N.5CH4/c1-8-5-6-10-4-3-7-12-11(10)9(8)2;1-7-5-4-6-8(2)9(7)3;1-7-5-3-4-6-8(7)2;1-6-4-3-5-8-7(6)2;1-2-7-5-3-4-6-8-7;1-6-4-2-3-5-7-6;;;;;/h3-7H,1-2H3;4-6H,1-3H3;3-6H,1-2H3;3-5H,1-2H3;3-6H,2H2,1H3;2-5H,1H3;5*1H4. The van der Waals surface area contributed by atoms with E-state index in [1.165, 1.54) is 49.9 Å². The van der Waals surface area contributed by atoms with Crippen LogP contribution in [-0.2, 0) is 6.42 Å². The molecule has 0 aliphatic carbocycles. The molecule has 0 fully saturated rings. The maximum Gasteiger partial charge on any atom is 0.0733 e. The Hall–Kier alpha value is -5.48. The number of pyridine rings is 4. The lowest BCUT2D eigenvalue weighted by molar-refractivity contribution is 1.04. The van der Waals surface area contributed by atoms with Crippen LogP contribution < -0.4 is 0 Å². The topological polar surface area (TPSA) is 51.6 Å². The molecule has 0 unspecified atom stereocenters. The van der Waals surface area contributed by atoms with Gasteiger partial charge in [0.25, 0.3) is 0 Å². The minimum atomic E-state index is 0. The van der Waals surface area contributed by atoms with Crippen molar-refractivity contribution >= 4 is 10.9 Å². The molecule has 0 spiro atoms. The maximum atomic E-state index is 4.34. The quantitative estimate of drug-likeness (QED) is 0.167. The first-order valence-electron chi connectivity index (χ1n) is 18.0. The average molecular weight is 771 g/mol. The number of hydrogen-bond donors (Lipinski definition) is 0. The normalized spacial score (nSPS) is 8.68. The monoisotopic (exact) mass is 771 g/mol. The van der Waals surface area contributed by atoms with E-state index in [1.54, 1.807) is 6.20 Å². The highest BCUT2D eigenvalue weighted by Crippen LogP contribution is 2.18. The van der Waals surface area contributed by atoms with Crippen molar-refractivity contribution in [2.45, 2.75) is 120 Å². The molecule has 0 aliphatic rings. The van der Waals surface area contributed by atoms with Gasteiger partial charge in [0.15, 0.2) is 0 Å². The predicted molar refractivity (Wildman–Crippen MR) is 258 cm³/mol. The van der Waals surface area contributed by atoms with Gasteiger partial charge in [-0.3, -0.25) is 19.9 Å². The van der Waals surface area contributed by atoms with E-state index in [4.69, 9.17) is 0 Å². The second kappa shape index (κ2) is 32.7. The Labute approximate surface area is 351 Å². The molecule has 4 heteroatoms. The van der Waals surface area contributed by atoms with Crippen molar-refractivity contribution in [2.24, 2.45) is 0 Å². The lowest BCUT2D eigenvalue weighted by Crippen LogP contribution is -1.85. The first-order valence-corrected chi connectivity index (χ1v) is 18.0. The molecule has 0 atom stereocenters. The Balaban J connectivity index is -0.000000293. The molecule has 0 N–H and O–H groups in total. The summed E-state index contributed by atoms with van der Waals surface area (Å²) in [6.45, 7) is 23.0. The van der Waals surface area contributed by atoms with Gasteiger partial charge in [0.2, 0.25) is 0 Å². The molecule has 0 saturated carbocycles. The third kappa shape index (κ3) is 22.6. The molecule has 0 bridgehead atoms. The summed E-state index contributed by atoms with van der Waals surface area (Å²) in [7, 11) is 0. The van der Waals surface area contributed by atoms with E-state index in [2.05, 4.69) is 149 Å². The highest BCUT2D eigenvalue weighted by Gasteiger charge is 1.99. The van der Waals surface area contributed by atoms with E-state index < -0.39 is 0 Å². The predicted octanol–water partition coefficient (Wildman–Crippen LogP) is 15.7. The minimum absolute atomic E-state index is 0. The van der Waals surface area contributed by atoms with Crippen LogP contribution in [0.4, 0.5) is 0 Å². The SMILES string of the molecule is C.C.C.C.C.CCc1ccccn1.Cc1ccc2cccnc2c1C.Cc1cccc(C)c1C.Cc1ccccc1C.Cc1ccccn1.Cc1cccnc1C. The third-order valence-electron chi connectivity index (χ3n) is 8.77. The molecule has 0 aliphatic heterocycles. The van der Waals surface area contributed by atoms with Crippen molar-refractivity contribution in [2.75, 3.05) is 0 Å². The third-order valence-corrected chi connectivity index (χ3v) is 8.77. The van der Waals surface area contributed by atoms with Crippen molar-refractivity contribution in [1.29, 1.82) is 0 Å². The molecule has 4 nitrogen and oxygen atoms in total. The first-order chi connectivity index (χ1) is 24.9. The lowest BCUT2D eigenvalue weighted by Gasteiger charge is -2.02. The van der Waals surface area contributed by atoms with E-state index in [1.807, 2.05) is 81.0 Å². The zero-order valence-corrected chi connectivity index (χ0v) is 33.3. The number of nitrogens with zero attached hydrogens (tertiary/aromatic N) is 4. The molecule has 7 rings (SSSR count). The molecule has 4 heterocycles. The number of aromatic nitrogens is 4. The summed E-state index contributed by atoms with van der Waals surface area (Å²) in [5.74, 6) is 0. The van der Waals surface area contributed by atoms with Crippen LogP contribution in [0.1, 0.15) is 106 Å². The highest BCUT2D eigenvalue weighted by molar-refractivity contribution is 5.82. The summed E-state index contributed by atoms with van der Waals surface area (Å²) in [5, 5.41) is 1.22. The smallest absolute Gasteiger partial charge is 0.0733 e. The van der Waals surface area contributed by atoms with Crippen molar-refractivity contribution in [3.8, 4) is 0 Å². The molecule has 310 valence electrons. The average Bonchev–Trinajstić information content (AvgIpc) is 3.17. The summed E-state index contributed by atoms with van der Waals surface area (Å²) in [6, 6.07) is 38.9. The largest absolute Gasteiger partial charge is 0.262 e. The fourth-order valence-electron chi connectivity index (χ4n) is 4.57. The zero-order valence-electron chi connectivity index (χ0n) is 33.3. The van der Waals surface area contributed by atoms with Gasteiger partial charge < -0.3 is 0 Å². The van der Waals surface area contributed by atoms with E-state index >= 15 is 0 Å². The van der Waals surface area contributed by atoms with Gasteiger partial charge >= 0.3 is 0 Å². The van der Waals surface area contributed by atoms with E-state index in [9.17, 15) is 0 Å². The highest BCUT2D eigenvalue weighted by atomic mass is 14.7. The molecule has 0 amide bonds. The van der Waals surface area contributed by atoms with Crippen LogP contribution >= 0.6 is 0 Å². The zero-order chi connectivity index (χ0) is 38.3. The van der Waals surface area contributed by atoms with Crippen LogP contribution in [0, 0.1) is 69.2 Å². The van der Waals surface area contributed by atoms with Crippen LogP contribution in [0.3, 0.4) is 0 Å². The minimum Gasteiger partial charge on any atom is -0.262 e. The van der Waals surface area contributed by atoms with Crippen LogP contribution in [0.15, 0.2) is 140 Å². The number of rotatable bonds is 1. The molecule has 57 heavy (non-hydrogen) atoms. The Morgan fingerprint density at radius 1 is 0.351 bits per heavy atom. The van der Waals surface area contributed by atoms with Gasteiger partial charge in [-0.25, -0.2) is 0 Å². The fourth-order valence-corrected chi connectivity index (χ4v) is 4.57. The van der Waals surface area contributed by atoms with Crippen LogP contribution in [0.2, 0.25) is 0 Å². The molecule has 0 saturated heterocycles. The summed E-state index contributed by atoms with van der Waals surface area (Å²) in [5.41, 5.74) is 15.2. The van der Waals surface area contributed by atoms with Gasteiger partial charge in [-0.1, -0.05) is 123 Å². The summed E-state index contributed by atoms with van der Waals surface area (Å²) in [4.78, 5) is 16.5. The van der Waals surface area contributed by atoms with Crippen LogP contribution in [0.5, 0.6) is 0 Å². The van der Waals surface area contributed by atoms with Crippen molar-refractivity contribution < 1.29 is 0 Å². The second-order valence-electron chi connectivity index (χ2n) is 12.7. The van der Waals surface area contributed by atoms with E-state index in [0.29, 0.717) is 0 Å². The summed E-state index contributed by atoms with van der Waals surface area (Å²) in [6.07, 6.45) is 8.28. The second-order valence-corrected chi connectivity index (χ2v) is 12.7. The lowest BCUT2D eigenvalue weighted by atomic mass is 10.1. The van der Waals surface area contributed by atoms with Gasteiger partial charge in [0, 0.05) is 47.3 Å². The molecule has 4 aromatic heterocycles. The van der Waals surface area contributed by atoms with Crippen LogP contribution in [-0.4, -0.2) is 19.9 Å². The van der Waals surface area contributed by atoms with Gasteiger partial charge in [0.05, 0.1) is 5.52 Å². The molecule has 3 aromatic carbocycles. The molecular formula is C53H78N4.